The van der Waals surface area contributed by atoms with Crippen LogP contribution in [0.2, 0.25) is 0 Å². The maximum Gasteiger partial charge on any atom is 0.251 e. The number of thiazole rings is 1. The minimum atomic E-state index is -0.355. The van der Waals surface area contributed by atoms with Crippen molar-refractivity contribution < 1.29 is 19.1 Å². The molecule has 1 aliphatic rings. The highest BCUT2D eigenvalue weighted by Gasteiger charge is 2.20. The van der Waals surface area contributed by atoms with Crippen molar-refractivity contribution in [3.8, 4) is 11.5 Å². The molecule has 2 aromatic rings. The average Bonchev–Trinajstić information content (AvgIpc) is 3.14. The number of carbonyl (C=O) groups is 2. The number of fused-ring (bicyclic) bond motifs is 1. The molecule has 2 amide bonds. The fourth-order valence-corrected chi connectivity index (χ4v) is 4.26. The van der Waals surface area contributed by atoms with Crippen LogP contribution in [0.25, 0.3) is 0 Å². The molecule has 0 unspecified atom stereocenters. The first-order chi connectivity index (χ1) is 14.5. The lowest BCUT2D eigenvalue weighted by Crippen LogP contribution is -2.32. The smallest absolute Gasteiger partial charge is 0.251 e. The van der Waals surface area contributed by atoms with Crippen molar-refractivity contribution in [1.82, 2.24) is 15.2 Å². The van der Waals surface area contributed by atoms with E-state index in [-0.39, 0.29) is 18.4 Å². The summed E-state index contributed by atoms with van der Waals surface area (Å²) in [5.41, 5.74) is 1.46. The van der Waals surface area contributed by atoms with Gasteiger partial charge < -0.3 is 20.1 Å². The lowest BCUT2D eigenvalue weighted by atomic mass is 10.2. The summed E-state index contributed by atoms with van der Waals surface area (Å²) >= 11 is 1.50. The second-order valence-corrected chi connectivity index (χ2v) is 7.85. The second-order valence-electron chi connectivity index (χ2n) is 6.77. The number of nitrogens with zero attached hydrogens (tertiary/aromatic N) is 2. The van der Waals surface area contributed by atoms with E-state index < -0.39 is 0 Å². The molecule has 8 nitrogen and oxygen atoms in total. The molecule has 0 saturated heterocycles. The van der Waals surface area contributed by atoms with E-state index >= 15 is 0 Å². The molecule has 0 aliphatic carbocycles. The fourth-order valence-electron chi connectivity index (χ4n) is 3.19. The van der Waals surface area contributed by atoms with Crippen molar-refractivity contribution in [1.29, 1.82) is 0 Å². The largest absolute Gasteiger partial charge is 0.490 e. The number of rotatable bonds is 9. The van der Waals surface area contributed by atoms with Gasteiger partial charge in [0.05, 0.1) is 25.5 Å². The van der Waals surface area contributed by atoms with Crippen LogP contribution in [0.5, 0.6) is 11.5 Å². The third-order valence-corrected chi connectivity index (χ3v) is 5.72. The van der Waals surface area contributed by atoms with Crippen LogP contribution in [0.15, 0.2) is 18.2 Å². The van der Waals surface area contributed by atoms with Gasteiger partial charge in [-0.2, -0.15) is 0 Å². The zero-order valence-corrected chi connectivity index (χ0v) is 18.4. The van der Waals surface area contributed by atoms with Crippen LogP contribution in [0.4, 0.5) is 5.13 Å². The molecule has 0 fully saturated rings. The van der Waals surface area contributed by atoms with Crippen molar-refractivity contribution in [3.05, 3.63) is 34.3 Å². The third-order valence-electron chi connectivity index (χ3n) is 4.72. The zero-order chi connectivity index (χ0) is 21.5. The predicted octanol–water partition coefficient (Wildman–Crippen LogP) is 2.69. The molecule has 9 heteroatoms. The summed E-state index contributed by atoms with van der Waals surface area (Å²) in [6, 6.07) is 4.97. The highest BCUT2D eigenvalue weighted by Crippen LogP contribution is 2.29. The number of nitrogens with one attached hydrogen (secondary N) is 2. The van der Waals surface area contributed by atoms with Gasteiger partial charge in [-0.15, -0.1) is 11.3 Å². The monoisotopic (exact) mass is 432 g/mol. The number of anilines is 1. The Labute approximate surface area is 180 Å². The second kappa shape index (κ2) is 10.4. The van der Waals surface area contributed by atoms with Gasteiger partial charge in [0.15, 0.2) is 16.6 Å². The van der Waals surface area contributed by atoms with Gasteiger partial charge in [-0.1, -0.05) is 6.92 Å². The SMILES string of the molecule is CCOc1ccc(C(=O)NCC(=O)Nc2nc3c(s2)CN(CC)CC3)cc1OCC. The van der Waals surface area contributed by atoms with Crippen LogP contribution >= 0.6 is 11.3 Å². The van der Waals surface area contributed by atoms with Crippen LogP contribution in [0.1, 0.15) is 41.7 Å². The summed E-state index contributed by atoms with van der Waals surface area (Å²) in [7, 11) is 0. The zero-order valence-electron chi connectivity index (χ0n) is 17.6. The molecule has 30 heavy (non-hydrogen) atoms. The van der Waals surface area contributed by atoms with Crippen LogP contribution in [-0.4, -0.2) is 54.5 Å². The number of likely N-dealkylation sites (N-methyl/N-ethyl adjacent to an activating group) is 1. The highest BCUT2D eigenvalue weighted by molar-refractivity contribution is 7.15. The summed E-state index contributed by atoms with van der Waals surface area (Å²) in [6.45, 7) is 9.57. The molecule has 2 heterocycles. The quantitative estimate of drug-likeness (QED) is 0.633. The maximum absolute atomic E-state index is 12.4. The molecule has 2 N–H and O–H groups in total. The predicted molar refractivity (Wildman–Crippen MR) is 117 cm³/mol. The molecule has 162 valence electrons. The summed E-state index contributed by atoms with van der Waals surface area (Å²) in [4.78, 5) is 32.8. The Balaban J connectivity index is 1.55. The summed E-state index contributed by atoms with van der Waals surface area (Å²) in [6.07, 6.45) is 0.895. The van der Waals surface area contributed by atoms with Gasteiger partial charge in [0.25, 0.3) is 5.91 Å². The minimum absolute atomic E-state index is 0.138. The highest BCUT2D eigenvalue weighted by atomic mass is 32.1. The lowest BCUT2D eigenvalue weighted by molar-refractivity contribution is -0.115. The van der Waals surface area contributed by atoms with E-state index in [4.69, 9.17) is 9.47 Å². The molecule has 0 atom stereocenters. The van der Waals surface area contributed by atoms with Crippen LogP contribution < -0.4 is 20.1 Å². The number of aromatic nitrogens is 1. The first-order valence-electron chi connectivity index (χ1n) is 10.2. The summed E-state index contributed by atoms with van der Waals surface area (Å²) < 4.78 is 11.1. The van der Waals surface area contributed by atoms with E-state index in [0.717, 1.165) is 31.7 Å². The lowest BCUT2D eigenvalue weighted by Gasteiger charge is -2.23. The van der Waals surface area contributed by atoms with Crippen molar-refractivity contribution in [2.45, 2.75) is 33.7 Å². The third kappa shape index (κ3) is 5.48. The molecule has 0 radical (unpaired) electrons. The van der Waals surface area contributed by atoms with Gasteiger partial charge >= 0.3 is 0 Å². The van der Waals surface area contributed by atoms with Crippen molar-refractivity contribution >= 4 is 28.3 Å². The minimum Gasteiger partial charge on any atom is -0.490 e. The molecule has 0 saturated carbocycles. The Kier molecular flexibility index (Phi) is 7.64. The molecule has 0 spiro atoms. The number of carbonyl (C=O) groups excluding carboxylic acids is 2. The summed E-state index contributed by atoms with van der Waals surface area (Å²) in [5.74, 6) is 0.429. The Bertz CT molecular complexity index is 899. The first kappa shape index (κ1) is 22.0. The summed E-state index contributed by atoms with van der Waals surface area (Å²) in [5, 5.41) is 6.01. The van der Waals surface area contributed by atoms with Gasteiger partial charge in [0.1, 0.15) is 0 Å². The Morgan fingerprint density at radius 3 is 2.67 bits per heavy atom. The van der Waals surface area contributed by atoms with Crippen LogP contribution in [0, 0.1) is 0 Å². The molecule has 1 aliphatic heterocycles. The molecular weight excluding hydrogens is 404 g/mol. The van der Waals surface area contributed by atoms with Gasteiger partial charge in [0, 0.05) is 30.0 Å². The van der Waals surface area contributed by atoms with Gasteiger partial charge in [-0.05, 0) is 38.6 Å². The number of ether oxygens (including phenoxy) is 2. The van der Waals surface area contributed by atoms with E-state index in [1.54, 1.807) is 18.2 Å². The van der Waals surface area contributed by atoms with E-state index in [1.807, 2.05) is 13.8 Å². The normalized spacial score (nSPS) is 13.4. The molecule has 1 aromatic carbocycles. The topological polar surface area (TPSA) is 92.8 Å². The van der Waals surface area contributed by atoms with E-state index in [2.05, 4.69) is 27.4 Å². The number of amides is 2. The fraction of sp³-hybridized carbons (Fsp3) is 0.476. The standard InChI is InChI=1S/C21H28N4O4S/c1-4-25-10-9-15-18(13-25)30-21(23-15)24-19(26)12-22-20(27)14-7-8-16(28-5-2)17(11-14)29-6-3/h7-8,11H,4-6,9-10,12-13H2,1-3H3,(H,22,27)(H,23,24,26). The number of hydrogen-bond acceptors (Lipinski definition) is 7. The van der Waals surface area contributed by atoms with Gasteiger partial charge in [-0.3, -0.25) is 14.5 Å². The molecule has 1 aromatic heterocycles. The Hall–Kier alpha value is -2.65. The average molecular weight is 433 g/mol. The maximum atomic E-state index is 12.4. The van der Waals surface area contributed by atoms with Crippen molar-refractivity contribution in [2.75, 3.05) is 38.2 Å². The van der Waals surface area contributed by atoms with E-state index in [9.17, 15) is 9.59 Å². The molecule has 0 bridgehead atoms. The van der Waals surface area contributed by atoms with Gasteiger partial charge in [-0.25, -0.2) is 4.98 Å². The Morgan fingerprint density at radius 2 is 1.93 bits per heavy atom. The van der Waals surface area contributed by atoms with Crippen molar-refractivity contribution in [2.24, 2.45) is 0 Å². The molecule has 3 rings (SSSR count). The van der Waals surface area contributed by atoms with Gasteiger partial charge in [0.2, 0.25) is 5.91 Å². The number of benzene rings is 1. The molecular formula is C21H28N4O4S. The Morgan fingerprint density at radius 1 is 1.17 bits per heavy atom. The van der Waals surface area contributed by atoms with Crippen molar-refractivity contribution in [3.63, 3.8) is 0 Å². The van der Waals surface area contributed by atoms with E-state index in [0.29, 0.717) is 35.4 Å². The van der Waals surface area contributed by atoms with Crippen LogP contribution in [-0.2, 0) is 17.8 Å². The first-order valence-corrected chi connectivity index (χ1v) is 11.0. The van der Waals surface area contributed by atoms with Crippen LogP contribution in [0.3, 0.4) is 0 Å². The van der Waals surface area contributed by atoms with E-state index in [1.165, 1.54) is 16.2 Å². The number of hydrogen-bond donors (Lipinski definition) is 2.